The third kappa shape index (κ3) is 4.06. The van der Waals surface area contributed by atoms with Crippen molar-refractivity contribution in [2.75, 3.05) is 46.4 Å². The molecule has 22 heavy (non-hydrogen) atoms. The van der Waals surface area contributed by atoms with Gasteiger partial charge in [0.15, 0.2) is 0 Å². The molecule has 2 aliphatic rings. The minimum atomic E-state index is 0.552. The van der Waals surface area contributed by atoms with Gasteiger partial charge in [0.1, 0.15) is 0 Å². The first kappa shape index (κ1) is 15.9. The highest BCUT2D eigenvalue weighted by atomic mass is 16.5. The van der Waals surface area contributed by atoms with Crippen LogP contribution in [0.3, 0.4) is 0 Å². The molecule has 3 rings (SSSR count). The highest BCUT2D eigenvalue weighted by Gasteiger charge is 2.38. The number of hydrogen-bond acceptors (Lipinski definition) is 4. The lowest BCUT2D eigenvalue weighted by molar-refractivity contribution is 0.0140. The lowest BCUT2D eigenvalue weighted by atomic mass is 9.72. The number of piperidine rings is 2. The van der Waals surface area contributed by atoms with Crippen molar-refractivity contribution in [3.63, 3.8) is 0 Å². The first-order valence-corrected chi connectivity index (χ1v) is 8.63. The van der Waals surface area contributed by atoms with Gasteiger partial charge in [0.05, 0.1) is 12.3 Å². The molecule has 0 bridgehead atoms. The van der Waals surface area contributed by atoms with Crippen molar-refractivity contribution in [2.45, 2.75) is 32.2 Å². The Labute approximate surface area is 134 Å². The first-order valence-electron chi connectivity index (χ1n) is 8.63. The van der Waals surface area contributed by atoms with Crippen molar-refractivity contribution in [1.82, 2.24) is 14.8 Å². The lowest BCUT2D eigenvalue weighted by Crippen LogP contribution is -2.49. The Morgan fingerprint density at radius 2 is 2.00 bits per heavy atom. The summed E-state index contributed by atoms with van der Waals surface area (Å²) < 4.78 is 5.21. The lowest BCUT2D eigenvalue weighted by Gasteiger charge is -2.47. The zero-order valence-corrected chi connectivity index (χ0v) is 13.8. The Hall–Kier alpha value is -0.970. The summed E-state index contributed by atoms with van der Waals surface area (Å²) in [6.45, 7) is 7.91. The van der Waals surface area contributed by atoms with E-state index in [9.17, 15) is 0 Å². The smallest absolute Gasteiger partial charge is 0.0589 e. The van der Waals surface area contributed by atoms with Crippen LogP contribution < -0.4 is 0 Å². The second-order valence-corrected chi connectivity index (χ2v) is 6.97. The van der Waals surface area contributed by atoms with Gasteiger partial charge in [-0.2, -0.15) is 0 Å². The number of likely N-dealkylation sites (tertiary alicyclic amines) is 2. The van der Waals surface area contributed by atoms with E-state index in [1.165, 1.54) is 57.6 Å². The Balaban J connectivity index is 1.52. The van der Waals surface area contributed by atoms with Gasteiger partial charge in [-0.3, -0.25) is 9.88 Å². The predicted molar refractivity (Wildman–Crippen MR) is 88.7 cm³/mol. The number of methoxy groups -OCH3 is 1. The predicted octanol–water partition coefficient (Wildman–Crippen LogP) is 2.41. The highest BCUT2D eigenvalue weighted by Crippen LogP contribution is 2.40. The van der Waals surface area contributed by atoms with Crippen molar-refractivity contribution in [3.8, 4) is 0 Å². The van der Waals surface area contributed by atoms with Crippen LogP contribution in [0.15, 0.2) is 24.4 Å². The van der Waals surface area contributed by atoms with Crippen LogP contribution in [0.2, 0.25) is 0 Å². The number of nitrogens with zero attached hydrogens (tertiary/aromatic N) is 3. The standard InChI is InChI=1S/C18H29N3O/c1-22-14-13-20-11-7-18(8-12-20)6-4-10-21(16-18)15-17-5-2-3-9-19-17/h2-3,5,9H,4,6-8,10-16H2,1H3. The van der Waals surface area contributed by atoms with E-state index in [1.807, 2.05) is 12.3 Å². The molecule has 0 radical (unpaired) electrons. The van der Waals surface area contributed by atoms with E-state index in [4.69, 9.17) is 4.74 Å². The van der Waals surface area contributed by atoms with Crippen molar-refractivity contribution in [1.29, 1.82) is 0 Å². The zero-order valence-electron chi connectivity index (χ0n) is 13.8. The number of aromatic nitrogens is 1. The van der Waals surface area contributed by atoms with E-state index in [-0.39, 0.29) is 0 Å². The molecular formula is C18H29N3O. The van der Waals surface area contributed by atoms with E-state index in [0.29, 0.717) is 5.41 Å². The molecule has 2 fully saturated rings. The van der Waals surface area contributed by atoms with Crippen LogP contribution in [0.4, 0.5) is 0 Å². The maximum absolute atomic E-state index is 5.21. The monoisotopic (exact) mass is 303 g/mol. The molecule has 1 aromatic heterocycles. The van der Waals surface area contributed by atoms with E-state index >= 15 is 0 Å². The fourth-order valence-corrected chi connectivity index (χ4v) is 4.05. The summed E-state index contributed by atoms with van der Waals surface area (Å²) in [5.74, 6) is 0. The maximum Gasteiger partial charge on any atom is 0.0589 e. The number of ether oxygens (including phenoxy) is 1. The van der Waals surface area contributed by atoms with Gasteiger partial charge in [-0.05, 0) is 62.9 Å². The third-order valence-corrected chi connectivity index (χ3v) is 5.38. The molecule has 2 saturated heterocycles. The van der Waals surface area contributed by atoms with E-state index < -0.39 is 0 Å². The van der Waals surface area contributed by atoms with Gasteiger partial charge in [-0.25, -0.2) is 0 Å². The summed E-state index contributed by atoms with van der Waals surface area (Å²) >= 11 is 0. The molecule has 0 unspecified atom stereocenters. The first-order chi connectivity index (χ1) is 10.8. The van der Waals surface area contributed by atoms with E-state index in [1.54, 1.807) is 7.11 Å². The molecular weight excluding hydrogens is 274 g/mol. The van der Waals surface area contributed by atoms with E-state index in [2.05, 4.69) is 26.9 Å². The molecule has 2 aliphatic heterocycles. The molecule has 122 valence electrons. The van der Waals surface area contributed by atoms with Crippen LogP contribution in [0, 0.1) is 5.41 Å². The molecule has 3 heterocycles. The van der Waals surface area contributed by atoms with Crippen LogP contribution in [0.1, 0.15) is 31.4 Å². The topological polar surface area (TPSA) is 28.6 Å². The van der Waals surface area contributed by atoms with Gasteiger partial charge in [0, 0.05) is 32.9 Å². The average Bonchev–Trinajstić information content (AvgIpc) is 2.56. The Kier molecular flexibility index (Phi) is 5.45. The van der Waals surface area contributed by atoms with E-state index in [0.717, 1.165) is 19.7 Å². The fourth-order valence-electron chi connectivity index (χ4n) is 4.05. The van der Waals surface area contributed by atoms with Gasteiger partial charge >= 0.3 is 0 Å². The van der Waals surface area contributed by atoms with Gasteiger partial charge < -0.3 is 9.64 Å². The Morgan fingerprint density at radius 3 is 2.73 bits per heavy atom. The summed E-state index contributed by atoms with van der Waals surface area (Å²) in [6.07, 6.45) is 7.34. The van der Waals surface area contributed by atoms with Crippen molar-refractivity contribution >= 4 is 0 Å². The molecule has 0 atom stereocenters. The Morgan fingerprint density at radius 1 is 1.14 bits per heavy atom. The Bertz CT molecular complexity index is 443. The average molecular weight is 303 g/mol. The minimum Gasteiger partial charge on any atom is -0.383 e. The normalized spacial score (nSPS) is 23.0. The molecule has 0 aliphatic carbocycles. The minimum absolute atomic E-state index is 0.552. The summed E-state index contributed by atoms with van der Waals surface area (Å²) in [6, 6.07) is 6.24. The number of rotatable bonds is 5. The molecule has 0 saturated carbocycles. The fraction of sp³-hybridized carbons (Fsp3) is 0.722. The quantitative estimate of drug-likeness (QED) is 0.835. The molecule has 0 amide bonds. The SMILES string of the molecule is COCCN1CCC2(CCCN(Cc3ccccn3)C2)CC1. The summed E-state index contributed by atoms with van der Waals surface area (Å²) in [7, 11) is 1.79. The summed E-state index contributed by atoms with van der Waals surface area (Å²) in [5, 5.41) is 0. The van der Waals surface area contributed by atoms with Crippen LogP contribution in [0.5, 0.6) is 0 Å². The summed E-state index contributed by atoms with van der Waals surface area (Å²) in [5.41, 5.74) is 1.76. The molecule has 4 heteroatoms. The molecule has 0 N–H and O–H groups in total. The van der Waals surface area contributed by atoms with Crippen LogP contribution >= 0.6 is 0 Å². The summed E-state index contributed by atoms with van der Waals surface area (Å²) in [4.78, 5) is 9.67. The van der Waals surface area contributed by atoms with Crippen LogP contribution in [-0.4, -0.2) is 61.2 Å². The number of hydrogen-bond donors (Lipinski definition) is 0. The maximum atomic E-state index is 5.21. The molecule has 4 nitrogen and oxygen atoms in total. The van der Waals surface area contributed by atoms with Gasteiger partial charge in [-0.15, -0.1) is 0 Å². The van der Waals surface area contributed by atoms with Gasteiger partial charge in [0.25, 0.3) is 0 Å². The van der Waals surface area contributed by atoms with Gasteiger partial charge in [0.2, 0.25) is 0 Å². The largest absolute Gasteiger partial charge is 0.383 e. The highest BCUT2D eigenvalue weighted by molar-refractivity contribution is 5.04. The third-order valence-electron chi connectivity index (χ3n) is 5.38. The van der Waals surface area contributed by atoms with Crippen molar-refractivity contribution in [3.05, 3.63) is 30.1 Å². The second-order valence-electron chi connectivity index (χ2n) is 6.97. The number of pyridine rings is 1. The van der Waals surface area contributed by atoms with Gasteiger partial charge in [-0.1, -0.05) is 6.07 Å². The second kappa shape index (κ2) is 7.53. The van der Waals surface area contributed by atoms with Crippen LogP contribution in [-0.2, 0) is 11.3 Å². The molecule has 1 aromatic rings. The zero-order chi connectivity index (χ0) is 15.3. The molecule has 0 aromatic carbocycles. The van der Waals surface area contributed by atoms with Crippen molar-refractivity contribution in [2.24, 2.45) is 5.41 Å². The van der Waals surface area contributed by atoms with Crippen molar-refractivity contribution < 1.29 is 4.74 Å². The molecule has 1 spiro atoms. The van der Waals surface area contributed by atoms with Crippen LogP contribution in [0.25, 0.3) is 0 Å².